The van der Waals surface area contributed by atoms with E-state index in [-0.39, 0.29) is 0 Å². The Morgan fingerprint density at radius 2 is 1.80 bits per heavy atom. The minimum Gasteiger partial charge on any atom is -0.396 e. The Bertz CT molecular complexity index is 138. The van der Waals surface area contributed by atoms with Gasteiger partial charge in [0, 0.05) is 6.61 Å². The van der Waals surface area contributed by atoms with E-state index in [4.69, 9.17) is 0 Å². The minimum absolute atomic E-state index is 0.407. The number of rotatable bonds is 8. The van der Waals surface area contributed by atoms with Crippen molar-refractivity contribution in [2.75, 3.05) is 6.61 Å². The maximum atomic E-state index is 9.24. The second-order valence-electron chi connectivity index (χ2n) is 5.27. The molecule has 0 aliphatic heterocycles. The highest BCUT2D eigenvalue weighted by Crippen LogP contribution is 2.29. The molecule has 0 aromatic heterocycles. The Labute approximate surface area is 95.3 Å². The van der Waals surface area contributed by atoms with Crippen LogP contribution in [0, 0.1) is 11.8 Å². The largest absolute Gasteiger partial charge is 0.396 e. The van der Waals surface area contributed by atoms with Crippen molar-refractivity contribution < 1.29 is 5.11 Å². The predicted octanol–water partition coefficient (Wildman–Crippen LogP) is 4.15. The highest BCUT2D eigenvalue weighted by atomic mass is 16.3. The molecule has 1 unspecified atom stereocenters. The summed E-state index contributed by atoms with van der Waals surface area (Å²) in [5.41, 5.74) is 0. The summed E-state index contributed by atoms with van der Waals surface area (Å²) in [7, 11) is 0. The number of aliphatic hydroxyl groups is 1. The van der Waals surface area contributed by atoms with Crippen LogP contribution in [-0.2, 0) is 0 Å². The number of hydrogen-bond acceptors (Lipinski definition) is 1. The molecule has 0 heterocycles. The fourth-order valence-corrected chi connectivity index (χ4v) is 2.81. The molecule has 1 rings (SSSR count). The average molecular weight is 212 g/mol. The SMILES string of the molecule is CCCCC(CO)CCCC1CCCC1. The lowest BCUT2D eigenvalue weighted by Gasteiger charge is -2.15. The van der Waals surface area contributed by atoms with E-state index in [0.29, 0.717) is 12.5 Å². The second kappa shape index (κ2) is 8.15. The van der Waals surface area contributed by atoms with Crippen molar-refractivity contribution in [3.8, 4) is 0 Å². The van der Waals surface area contributed by atoms with Crippen molar-refractivity contribution in [1.29, 1.82) is 0 Å². The summed E-state index contributed by atoms with van der Waals surface area (Å²) in [6.07, 6.45) is 13.7. The van der Waals surface area contributed by atoms with Gasteiger partial charge in [-0.3, -0.25) is 0 Å². The fraction of sp³-hybridized carbons (Fsp3) is 1.00. The van der Waals surface area contributed by atoms with Gasteiger partial charge in [-0.2, -0.15) is 0 Å². The summed E-state index contributed by atoms with van der Waals surface area (Å²) in [4.78, 5) is 0. The first kappa shape index (κ1) is 13.0. The van der Waals surface area contributed by atoms with Crippen LogP contribution in [0.25, 0.3) is 0 Å². The molecule has 90 valence electrons. The summed E-state index contributed by atoms with van der Waals surface area (Å²) >= 11 is 0. The molecule has 0 radical (unpaired) electrons. The lowest BCUT2D eigenvalue weighted by molar-refractivity contribution is 0.203. The van der Waals surface area contributed by atoms with Crippen molar-refractivity contribution >= 4 is 0 Å². The average Bonchev–Trinajstić information content (AvgIpc) is 2.76. The summed E-state index contributed by atoms with van der Waals surface area (Å²) in [5.74, 6) is 1.61. The van der Waals surface area contributed by atoms with Gasteiger partial charge in [0.05, 0.1) is 0 Å². The Morgan fingerprint density at radius 3 is 2.40 bits per heavy atom. The third kappa shape index (κ3) is 5.55. The van der Waals surface area contributed by atoms with Gasteiger partial charge in [-0.15, -0.1) is 0 Å². The van der Waals surface area contributed by atoms with Crippen LogP contribution >= 0.6 is 0 Å². The number of aliphatic hydroxyl groups excluding tert-OH is 1. The van der Waals surface area contributed by atoms with Crippen LogP contribution in [-0.4, -0.2) is 11.7 Å². The van der Waals surface area contributed by atoms with Crippen LogP contribution in [0.15, 0.2) is 0 Å². The molecule has 0 spiro atoms. The second-order valence-corrected chi connectivity index (χ2v) is 5.27. The Kier molecular flexibility index (Phi) is 7.08. The molecule has 0 aromatic carbocycles. The van der Waals surface area contributed by atoms with Crippen LogP contribution in [0.5, 0.6) is 0 Å². The third-order valence-corrected chi connectivity index (χ3v) is 3.92. The Balaban J connectivity index is 2.00. The molecule has 0 amide bonds. The van der Waals surface area contributed by atoms with Gasteiger partial charge < -0.3 is 5.11 Å². The molecular formula is C14H28O. The molecule has 15 heavy (non-hydrogen) atoms. The van der Waals surface area contributed by atoms with Gasteiger partial charge in [-0.25, -0.2) is 0 Å². The van der Waals surface area contributed by atoms with E-state index in [9.17, 15) is 5.11 Å². The van der Waals surface area contributed by atoms with Gasteiger partial charge in [-0.1, -0.05) is 58.3 Å². The first-order valence-corrected chi connectivity index (χ1v) is 6.97. The lowest BCUT2D eigenvalue weighted by atomic mass is 9.93. The minimum atomic E-state index is 0.407. The van der Waals surface area contributed by atoms with Crippen molar-refractivity contribution in [2.45, 2.75) is 71.1 Å². The molecule has 0 bridgehead atoms. The summed E-state index contributed by atoms with van der Waals surface area (Å²) in [5, 5.41) is 9.24. The van der Waals surface area contributed by atoms with Crippen LogP contribution < -0.4 is 0 Å². The van der Waals surface area contributed by atoms with Crippen LogP contribution in [0.4, 0.5) is 0 Å². The third-order valence-electron chi connectivity index (χ3n) is 3.92. The molecule has 1 atom stereocenters. The molecule has 1 aliphatic rings. The van der Waals surface area contributed by atoms with Crippen LogP contribution in [0.2, 0.25) is 0 Å². The Morgan fingerprint density at radius 1 is 1.13 bits per heavy atom. The van der Waals surface area contributed by atoms with Gasteiger partial charge in [0.1, 0.15) is 0 Å². The zero-order chi connectivity index (χ0) is 10.9. The molecule has 0 saturated heterocycles. The molecule has 1 N–H and O–H groups in total. The van der Waals surface area contributed by atoms with E-state index >= 15 is 0 Å². The highest BCUT2D eigenvalue weighted by molar-refractivity contribution is 4.68. The fourth-order valence-electron chi connectivity index (χ4n) is 2.81. The first-order valence-electron chi connectivity index (χ1n) is 6.97. The number of unbranched alkanes of at least 4 members (excludes halogenated alkanes) is 1. The monoisotopic (exact) mass is 212 g/mol. The molecule has 1 nitrogen and oxygen atoms in total. The standard InChI is InChI=1S/C14H28O/c1-2-3-7-14(12-15)11-6-10-13-8-4-5-9-13/h13-15H,2-12H2,1H3. The zero-order valence-electron chi connectivity index (χ0n) is 10.4. The zero-order valence-corrected chi connectivity index (χ0v) is 10.4. The normalized spacial score (nSPS) is 19.6. The van der Waals surface area contributed by atoms with E-state index in [0.717, 1.165) is 5.92 Å². The van der Waals surface area contributed by atoms with E-state index in [2.05, 4.69) is 6.92 Å². The summed E-state index contributed by atoms with van der Waals surface area (Å²) in [6, 6.07) is 0. The maximum Gasteiger partial charge on any atom is 0.0459 e. The van der Waals surface area contributed by atoms with Gasteiger partial charge in [0.2, 0.25) is 0 Å². The topological polar surface area (TPSA) is 20.2 Å². The van der Waals surface area contributed by atoms with Gasteiger partial charge >= 0.3 is 0 Å². The highest BCUT2D eigenvalue weighted by Gasteiger charge is 2.15. The van der Waals surface area contributed by atoms with Gasteiger partial charge in [0.25, 0.3) is 0 Å². The summed E-state index contributed by atoms with van der Waals surface area (Å²) < 4.78 is 0. The molecular weight excluding hydrogens is 184 g/mol. The van der Waals surface area contributed by atoms with Crippen LogP contribution in [0.3, 0.4) is 0 Å². The first-order chi connectivity index (χ1) is 7.36. The van der Waals surface area contributed by atoms with E-state index < -0.39 is 0 Å². The maximum absolute atomic E-state index is 9.24. The van der Waals surface area contributed by atoms with Crippen molar-refractivity contribution in [3.63, 3.8) is 0 Å². The number of hydrogen-bond donors (Lipinski definition) is 1. The van der Waals surface area contributed by atoms with E-state index in [1.165, 1.54) is 64.2 Å². The molecule has 1 heteroatoms. The smallest absolute Gasteiger partial charge is 0.0459 e. The molecule has 1 fully saturated rings. The molecule has 1 aliphatic carbocycles. The van der Waals surface area contributed by atoms with Crippen molar-refractivity contribution in [1.82, 2.24) is 0 Å². The van der Waals surface area contributed by atoms with E-state index in [1.807, 2.05) is 0 Å². The van der Waals surface area contributed by atoms with E-state index in [1.54, 1.807) is 0 Å². The Hall–Kier alpha value is -0.0400. The van der Waals surface area contributed by atoms with Crippen molar-refractivity contribution in [3.05, 3.63) is 0 Å². The van der Waals surface area contributed by atoms with Gasteiger partial charge in [0.15, 0.2) is 0 Å². The van der Waals surface area contributed by atoms with Crippen molar-refractivity contribution in [2.24, 2.45) is 11.8 Å². The predicted molar refractivity (Wildman–Crippen MR) is 65.9 cm³/mol. The molecule has 1 saturated carbocycles. The van der Waals surface area contributed by atoms with Gasteiger partial charge in [-0.05, 0) is 24.7 Å². The molecule has 0 aromatic rings. The quantitative estimate of drug-likeness (QED) is 0.641. The van der Waals surface area contributed by atoms with Crippen LogP contribution in [0.1, 0.15) is 71.1 Å². The summed E-state index contributed by atoms with van der Waals surface area (Å²) in [6.45, 7) is 2.64. The lowest BCUT2D eigenvalue weighted by Crippen LogP contribution is -2.06.